The lowest BCUT2D eigenvalue weighted by molar-refractivity contribution is 0.514. The Morgan fingerprint density at radius 1 is 1.00 bits per heavy atom. The predicted molar refractivity (Wildman–Crippen MR) is 120 cm³/mol. The number of rotatable bonds is 6. The van der Waals surface area contributed by atoms with E-state index in [0.717, 1.165) is 16.0 Å². The molecule has 140 valence electrons. The van der Waals surface area contributed by atoms with Crippen LogP contribution >= 0.6 is 0 Å². The summed E-state index contributed by atoms with van der Waals surface area (Å²) in [6.07, 6.45) is 15.6. The fraction of sp³-hybridized carbons (Fsp3) is 0.280. The van der Waals surface area contributed by atoms with Crippen molar-refractivity contribution < 1.29 is 0 Å². The van der Waals surface area contributed by atoms with Gasteiger partial charge in [0.05, 0.1) is 0 Å². The first-order chi connectivity index (χ1) is 12.3. The second-order valence-electron chi connectivity index (χ2n) is 6.39. The summed E-state index contributed by atoms with van der Waals surface area (Å²) >= 11 is 0. The predicted octanol–water partition coefficient (Wildman–Crippen LogP) is 5.37. The second kappa shape index (κ2) is 13.7. The zero-order chi connectivity index (χ0) is 19.9. The van der Waals surface area contributed by atoms with Crippen LogP contribution in [-0.2, 0) is 0 Å². The van der Waals surface area contributed by atoms with Gasteiger partial charge in [0.2, 0.25) is 0 Å². The maximum absolute atomic E-state index is 4.03. The van der Waals surface area contributed by atoms with E-state index in [0.29, 0.717) is 0 Å². The molecule has 0 aromatic heterocycles. The van der Waals surface area contributed by atoms with E-state index in [-0.39, 0.29) is 0 Å². The minimum atomic E-state index is 1.04. The largest absolute Gasteiger partial charge is 0.381 e. The van der Waals surface area contributed by atoms with E-state index in [9.17, 15) is 0 Å². The Bertz CT molecular complexity index is 771. The Labute approximate surface area is 160 Å². The van der Waals surface area contributed by atoms with Gasteiger partial charge in [-0.3, -0.25) is 0 Å². The van der Waals surface area contributed by atoms with Crippen molar-refractivity contribution in [2.24, 2.45) is 0 Å². The van der Waals surface area contributed by atoms with Gasteiger partial charge < -0.3 is 4.90 Å². The van der Waals surface area contributed by atoms with E-state index in [4.69, 9.17) is 0 Å². The molecular formula is C25H35N. The third-order valence-corrected chi connectivity index (χ3v) is 3.58. The Kier molecular flexibility index (Phi) is 12.4. The summed E-state index contributed by atoms with van der Waals surface area (Å²) in [7, 11) is 4.07. The molecule has 0 radical (unpaired) electrons. The van der Waals surface area contributed by atoms with Crippen LogP contribution in [0.3, 0.4) is 0 Å². The first kappa shape index (κ1) is 23.5. The first-order valence-electron chi connectivity index (χ1n) is 9.14. The topological polar surface area (TPSA) is 3.24 Å². The molecule has 0 N–H and O–H groups in total. The molecular weight excluding hydrogens is 314 g/mol. The Balaban J connectivity index is 0.00000194. The van der Waals surface area contributed by atoms with Gasteiger partial charge in [-0.1, -0.05) is 99.7 Å². The van der Waals surface area contributed by atoms with Gasteiger partial charge in [-0.2, -0.15) is 0 Å². The molecule has 1 nitrogen and oxygen atoms in total. The van der Waals surface area contributed by atoms with Crippen molar-refractivity contribution in [3.05, 3.63) is 94.6 Å². The van der Waals surface area contributed by atoms with Crippen molar-refractivity contribution in [2.75, 3.05) is 14.1 Å². The van der Waals surface area contributed by atoms with Crippen LogP contribution in [0.1, 0.15) is 34.1 Å². The maximum Gasteiger partial charge on any atom is 0.00960 e. The van der Waals surface area contributed by atoms with Crippen LogP contribution < -0.4 is 10.4 Å². The molecule has 0 fully saturated rings. The fourth-order valence-electron chi connectivity index (χ4n) is 1.76. The number of allylic oxidation sites excluding steroid dienone is 9. The highest BCUT2D eigenvalue weighted by molar-refractivity contribution is 5.44. The quantitative estimate of drug-likeness (QED) is 0.624. The lowest BCUT2D eigenvalue weighted by Gasteiger charge is -2.11. The van der Waals surface area contributed by atoms with E-state index >= 15 is 0 Å². The average Bonchev–Trinajstić information content (AvgIpc) is 2.61. The van der Waals surface area contributed by atoms with Gasteiger partial charge in [-0.25, -0.2) is 0 Å². The minimum absolute atomic E-state index is 1.04. The molecule has 26 heavy (non-hydrogen) atoms. The molecule has 0 aliphatic carbocycles. The third-order valence-electron chi connectivity index (χ3n) is 3.58. The van der Waals surface area contributed by atoms with Gasteiger partial charge in [0.25, 0.3) is 0 Å². The van der Waals surface area contributed by atoms with Crippen molar-refractivity contribution in [1.82, 2.24) is 4.90 Å². The first-order valence-corrected chi connectivity index (χ1v) is 9.14. The van der Waals surface area contributed by atoms with Gasteiger partial charge >= 0.3 is 0 Å². The van der Waals surface area contributed by atoms with Crippen LogP contribution in [0.4, 0.5) is 0 Å². The molecule has 0 amide bonds. The molecule has 0 bridgehead atoms. The van der Waals surface area contributed by atoms with Gasteiger partial charge in [-0.05, 0) is 35.9 Å². The highest BCUT2D eigenvalue weighted by Crippen LogP contribution is 2.05. The minimum Gasteiger partial charge on any atom is -0.381 e. The highest BCUT2D eigenvalue weighted by atomic mass is 15.1. The third kappa shape index (κ3) is 10.4. The zero-order valence-electron chi connectivity index (χ0n) is 17.4. The summed E-state index contributed by atoms with van der Waals surface area (Å²) < 4.78 is 0. The summed E-state index contributed by atoms with van der Waals surface area (Å²) in [6.45, 7) is 16.3. The molecule has 0 spiro atoms. The van der Waals surface area contributed by atoms with E-state index in [1.165, 1.54) is 17.7 Å². The maximum atomic E-state index is 4.03. The summed E-state index contributed by atoms with van der Waals surface area (Å²) in [4.78, 5) is 2.08. The van der Waals surface area contributed by atoms with Crippen LogP contribution in [0.15, 0.2) is 84.1 Å². The molecule has 0 saturated heterocycles. The second-order valence-corrected chi connectivity index (χ2v) is 6.39. The smallest absolute Gasteiger partial charge is 0.00960 e. The lowest BCUT2D eigenvalue weighted by Crippen LogP contribution is -2.21. The van der Waals surface area contributed by atoms with Gasteiger partial charge in [0.15, 0.2) is 0 Å². The number of hydrogen-bond acceptors (Lipinski definition) is 1. The molecule has 0 unspecified atom stereocenters. The fourth-order valence-corrected chi connectivity index (χ4v) is 1.76. The number of nitrogens with zero attached hydrogens (tertiary/aromatic N) is 1. The van der Waals surface area contributed by atoms with Crippen molar-refractivity contribution >= 4 is 12.7 Å². The SMILES string of the molecule is C=CC(/C=C/C(C)=C/C=c1/ccccc1=C)=C\C=C(/C)N(C)C.CCC. The Hall–Kier alpha value is -2.54. The van der Waals surface area contributed by atoms with Crippen LogP contribution in [0.5, 0.6) is 0 Å². The monoisotopic (exact) mass is 349 g/mol. The lowest BCUT2D eigenvalue weighted by atomic mass is 10.1. The van der Waals surface area contributed by atoms with E-state index in [1.54, 1.807) is 0 Å². The van der Waals surface area contributed by atoms with Gasteiger partial charge in [0, 0.05) is 19.8 Å². The standard InChI is InChI=1S/C22H27N.C3H8/c1-7-21(16-14-20(4)23(5)6)15-12-18(2)13-17-22-11-9-8-10-19(22)3;1-3-2/h7-17H,1,3H2,2,4-6H3;3H2,1-2H3/b15-12+,18-13+,20-14+,21-16+,22-17-;. The Morgan fingerprint density at radius 3 is 2.15 bits per heavy atom. The van der Waals surface area contributed by atoms with Crippen molar-refractivity contribution in [1.29, 1.82) is 0 Å². The molecule has 0 aliphatic heterocycles. The van der Waals surface area contributed by atoms with Crippen molar-refractivity contribution in [3.8, 4) is 0 Å². The molecule has 1 heteroatoms. The summed E-state index contributed by atoms with van der Waals surface area (Å²) in [5.74, 6) is 0. The zero-order valence-corrected chi connectivity index (χ0v) is 17.4. The average molecular weight is 350 g/mol. The normalized spacial score (nSPS) is 13.5. The van der Waals surface area contributed by atoms with Gasteiger partial charge in [-0.15, -0.1) is 0 Å². The number of benzene rings is 1. The molecule has 0 aliphatic rings. The van der Waals surface area contributed by atoms with E-state index in [1.807, 2.05) is 38.4 Å². The van der Waals surface area contributed by atoms with E-state index in [2.05, 4.69) is 88.3 Å². The van der Waals surface area contributed by atoms with Crippen LogP contribution in [0.25, 0.3) is 12.7 Å². The van der Waals surface area contributed by atoms with Crippen molar-refractivity contribution in [3.63, 3.8) is 0 Å². The molecule has 1 rings (SSSR count). The van der Waals surface area contributed by atoms with Gasteiger partial charge in [0.1, 0.15) is 0 Å². The summed E-state index contributed by atoms with van der Waals surface area (Å²) in [5.41, 5.74) is 3.45. The van der Waals surface area contributed by atoms with Crippen molar-refractivity contribution in [2.45, 2.75) is 34.1 Å². The molecule has 0 atom stereocenters. The molecule has 1 aromatic rings. The molecule has 0 heterocycles. The summed E-state index contributed by atoms with van der Waals surface area (Å²) in [5, 5.41) is 2.18. The van der Waals surface area contributed by atoms with Crippen LogP contribution in [0.2, 0.25) is 0 Å². The molecule has 0 saturated carbocycles. The van der Waals surface area contributed by atoms with Crippen LogP contribution in [-0.4, -0.2) is 19.0 Å². The number of hydrogen-bond donors (Lipinski definition) is 0. The van der Waals surface area contributed by atoms with E-state index < -0.39 is 0 Å². The summed E-state index contributed by atoms with van der Waals surface area (Å²) in [6, 6.07) is 8.11. The Morgan fingerprint density at radius 2 is 1.62 bits per heavy atom. The highest BCUT2D eigenvalue weighted by Gasteiger charge is 1.89. The van der Waals surface area contributed by atoms with Crippen LogP contribution in [0, 0.1) is 0 Å². The molecule has 1 aromatic carbocycles.